The summed E-state index contributed by atoms with van der Waals surface area (Å²) < 4.78 is 0. The number of hydrogen-bond donors (Lipinski definition) is 2. The average Bonchev–Trinajstić information content (AvgIpc) is 2.56. The highest BCUT2D eigenvalue weighted by atomic mass is 16.1. The van der Waals surface area contributed by atoms with Gasteiger partial charge in [0.25, 0.3) is 5.56 Å². The van der Waals surface area contributed by atoms with Crippen LogP contribution < -0.4 is 16.3 Å². The zero-order valence-electron chi connectivity index (χ0n) is 11.3. The van der Waals surface area contributed by atoms with Crippen LogP contribution in [-0.2, 0) is 4.79 Å². The maximum Gasteiger partial charge on any atom is 0.256 e. The predicted octanol–water partition coefficient (Wildman–Crippen LogP) is 2.00. The number of rotatable bonds is 1. The van der Waals surface area contributed by atoms with E-state index in [9.17, 15) is 14.4 Å². The molecule has 0 spiro atoms. The van der Waals surface area contributed by atoms with E-state index in [1.54, 1.807) is 42.5 Å². The maximum absolute atomic E-state index is 12.7. The highest BCUT2D eigenvalue weighted by molar-refractivity contribution is 6.03. The molecule has 0 aliphatic rings. The van der Waals surface area contributed by atoms with E-state index >= 15 is 0 Å². The number of hydrogen-bond acceptors (Lipinski definition) is 3. The Morgan fingerprint density at radius 1 is 1.00 bits per heavy atom. The fourth-order valence-electron chi connectivity index (χ4n) is 2.39. The summed E-state index contributed by atoms with van der Waals surface area (Å²) in [5.74, 6) is -0.297. The number of H-pyrrole nitrogens is 1. The minimum absolute atomic E-state index is 0.218. The van der Waals surface area contributed by atoms with Crippen molar-refractivity contribution in [3.63, 3.8) is 0 Å². The molecule has 0 aliphatic heterocycles. The molecule has 5 heteroatoms. The first-order valence-corrected chi connectivity index (χ1v) is 6.43. The van der Waals surface area contributed by atoms with Gasteiger partial charge in [-0.1, -0.05) is 18.2 Å². The molecule has 2 N–H and O–H groups in total. The number of aromatic nitrogens is 1. The number of fused-ring (bicyclic) bond motifs is 2. The van der Waals surface area contributed by atoms with Crippen molar-refractivity contribution in [3.05, 3.63) is 63.0 Å². The maximum atomic E-state index is 12.7. The summed E-state index contributed by atoms with van der Waals surface area (Å²) in [6.45, 7) is 1.36. The normalized spacial score (nSPS) is 10.7. The predicted molar refractivity (Wildman–Crippen MR) is 82.6 cm³/mol. The Morgan fingerprint density at radius 2 is 1.71 bits per heavy atom. The molecule has 0 aliphatic carbocycles. The number of nitrogens with one attached hydrogen (secondary N) is 2. The fourth-order valence-corrected chi connectivity index (χ4v) is 2.39. The van der Waals surface area contributed by atoms with Gasteiger partial charge in [-0.05, 0) is 24.3 Å². The van der Waals surface area contributed by atoms with Gasteiger partial charge in [-0.3, -0.25) is 14.4 Å². The quantitative estimate of drug-likeness (QED) is 0.715. The van der Waals surface area contributed by atoms with Crippen molar-refractivity contribution in [1.82, 2.24) is 4.98 Å². The van der Waals surface area contributed by atoms with Crippen LogP contribution in [0.15, 0.2) is 52.1 Å². The largest absolute Gasteiger partial charge is 0.326 e. The first-order chi connectivity index (χ1) is 10.1. The van der Waals surface area contributed by atoms with Crippen molar-refractivity contribution in [2.75, 3.05) is 5.32 Å². The van der Waals surface area contributed by atoms with E-state index < -0.39 is 0 Å². The molecule has 0 radical (unpaired) electrons. The summed E-state index contributed by atoms with van der Waals surface area (Å²) in [6.07, 6.45) is 0. The molecule has 0 atom stereocenters. The molecular weight excluding hydrogens is 268 g/mol. The zero-order valence-corrected chi connectivity index (χ0v) is 11.3. The highest BCUT2D eigenvalue weighted by Crippen LogP contribution is 2.18. The van der Waals surface area contributed by atoms with E-state index in [2.05, 4.69) is 10.3 Å². The SMILES string of the molecule is CC(=O)Nc1cccc2c(=O)[nH]c3ccccc3c(=O)c12. The van der Waals surface area contributed by atoms with Crippen molar-refractivity contribution in [1.29, 1.82) is 0 Å². The van der Waals surface area contributed by atoms with Crippen LogP contribution in [0.2, 0.25) is 0 Å². The molecule has 0 unspecified atom stereocenters. The molecule has 1 aromatic heterocycles. The van der Waals surface area contributed by atoms with Crippen LogP contribution in [0.5, 0.6) is 0 Å². The minimum Gasteiger partial charge on any atom is -0.326 e. The van der Waals surface area contributed by atoms with Crippen LogP contribution in [-0.4, -0.2) is 10.9 Å². The molecule has 104 valence electrons. The number of amides is 1. The number of anilines is 1. The van der Waals surface area contributed by atoms with Gasteiger partial charge in [0.1, 0.15) is 0 Å². The van der Waals surface area contributed by atoms with Crippen molar-refractivity contribution in [2.45, 2.75) is 6.92 Å². The Labute approximate surface area is 119 Å². The lowest BCUT2D eigenvalue weighted by Crippen LogP contribution is -2.11. The van der Waals surface area contributed by atoms with Gasteiger partial charge >= 0.3 is 0 Å². The average molecular weight is 280 g/mol. The monoisotopic (exact) mass is 280 g/mol. The van der Waals surface area contributed by atoms with Crippen molar-refractivity contribution < 1.29 is 4.79 Å². The second-order valence-corrected chi connectivity index (χ2v) is 4.74. The van der Waals surface area contributed by atoms with E-state index in [-0.39, 0.29) is 27.7 Å². The standard InChI is InChI=1S/C16H12N2O3/c1-9(19)17-13-8-4-6-11-14(13)15(20)10-5-2-3-7-12(10)18-16(11)21/h2-8H,1H3,(H,17,19)(H,18,21). The summed E-state index contributed by atoms with van der Waals surface area (Å²) in [7, 11) is 0. The van der Waals surface area contributed by atoms with Crippen LogP contribution in [0.25, 0.3) is 21.7 Å². The molecule has 0 saturated carbocycles. The van der Waals surface area contributed by atoms with Crippen LogP contribution in [0.4, 0.5) is 5.69 Å². The molecule has 3 aromatic rings. The van der Waals surface area contributed by atoms with Gasteiger partial charge in [0, 0.05) is 12.3 Å². The first kappa shape index (κ1) is 13.1. The first-order valence-electron chi connectivity index (χ1n) is 6.43. The van der Waals surface area contributed by atoms with Crippen molar-refractivity contribution >= 4 is 33.3 Å². The fraction of sp³-hybridized carbons (Fsp3) is 0.0625. The summed E-state index contributed by atoms with van der Waals surface area (Å²) in [4.78, 5) is 39.0. The third kappa shape index (κ3) is 2.18. The second kappa shape index (κ2) is 4.86. The lowest BCUT2D eigenvalue weighted by molar-refractivity contribution is -0.114. The Morgan fingerprint density at radius 3 is 2.48 bits per heavy atom. The molecule has 0 fully saturated rings. The van der Waals surface area contributed by atoms with Crippen LogP contribution in [0.1, 0.15) is 6.92 Å². The van der Waals surface area contributed by atoms with Crippen molar-refractivity contribution in [3.8, 4) is 0 Å². The third-order valence-electron chi connectivity index (χ3n) is 3.27. The van der Waals surface area contributed by atoms with Gasteiger partial charge in [0.15, 0.2) is 5.43 Å². The number of carbonyl (C=O) groups excluding carboxylic acids is 1. The van der Waals surface area contributed by atoms with E-state index in [1.165, 1.54) is 6.92 Å². The molecule has 2 aromatic carbocycles. The molecule has 5 nitrogen and oxygen atoms in total. The zero-order chi connectivity index (χ0) is 15.0. The van der Waals surface area contributed by atoms with E-state index in [0.717, 1.165) is 0 Å². The Hall–Kier alpha value is -2.95. The van der Waals surface area contributed by atoms with Crippen LogP contribution in [0.3, 0.4) is 0 Å². The summed E-state index contributed by atoms with van der Waals surface area (Å²) in [5.41, 5.74) is 0.160. The number of para-hydroxylation sites is 1. The summed E-state index contributed by atoms with van der Waals surface area (Å²) in [6, 6.07) is 11.6. The smallest absolute Gasteiger partial charge is 0.256 e. The number of benzene rings is 2. The van der Waals surface area contributed by atoms with Crippen LogP contribution >= 0.6 is 0 Å². The molecule has 1 heterocycles. The Balaban J connectivity index is 2.61. The summed E-state index contributed by atoms with van der Waals surface area (Å²) in [5, 5.41) is 3.48. The van der Waals surface area contributed by atoms with Crippen molar-refractivity contribution in [2.24, 2.45) is 0 Å². The molecule has 21 heavy (non-hydrogen) atoms. The number of carbonyl (C=O) groups is 1. The topological polar surface area (TPSA) is 79.0 Å². The third-order valence-corrected chi connectivity index (χ3v) is 3.27. The van der Waals surface area contributed by atoms with Gasteiger partial charge in [-0.15, -0.1) is 0 Å². The lowest BCUT2D eigenvalue weighted by Gasteiger charge is -2.03. The van der Waals surface area contributed by atoms with Gasteiger partial charge in [-0.2, -0.15) is 0 Å². The summed E-state index contributed by atoms with van der Waals surface area (Å²) >= 11 is 0. The van der Waals surface area contributed by atoms with Gasteiger partial charge in [-0.25, -0.2) is 0 Å². The van der Waals surface area contributed by atoms with E-state index in [4.69, 9.17) is 0 Å². The van der Waals surface area contributed by atoms with Gasteiger partial charge < -0.3 is 10.3 Å². The molecule has 3 rings (SSSR count). The second-order valence-electron chi connectivity index (χ2n) is 4.74. The highest BCUT2D eigenvalue weighted by Gasteiger charge is 2.10. The van der Waals surface area contributed by atoms with E-state index in [1.807, 2.05) is 0 Å². The molecular formula is C16H12N2O3. The minimum atomic E-state index is -0.365. The molecule has 0 saturated heterocycles. The van der Waals surface area contributed by atoms with Gasteiger partial charge in [0.2, 0.25) is 5.91 Å². The van der Waals surface area contributed by atoms with Gasteiger partial charge in [0.05, 0.1) is 22.0 Å². The molecule has 0 bridgehead atoms. The Kier molecular flexibility index (Phi) is 3.02. The Bertz CT molecular complexity index is 990. The van der Waals surface area contributed by atoms with Crippen LogP contribution in [0, 0.1) is 0 Å². The van der Waals surface area contributed by atoms with E-state index in [0.29, 0.717) is 16.6 Å². The molecule has 1 amide bonds. The lowest BCUT2D eigenvalue weighted by atomic mass is 10.1. The number of aromatic amines is 1.